The Morgan fingerprint density at radius 3 is 1.28 bits per heavy atom. The van der Waals surface area contributed by atoms with Crippen LogP contribution in [-0.4, -0.2) is 0 Å². The molecule has 0 bridgehead atoms. The third kappa shape index (κ3) is 7.00. The summed E-state index contributed by atoms with van der Waals surface area (Å²) in [5, 5.41) is 1.10. The molecule has 0 fully saturated rings. The van der Waals surface area contributed by atoms with Crippen molar-refractivity contribution in [1.29, 1.82) is 0 Å². The number of anilines is 3. The van der Waals surface area contributed by atoms with Gasteiger partial charge >= 0.3 is 0 Å². The van der Waals surface area contributed by atoms with Crippen molar-refractivity contribution in [3.8, 4) is 67.0 Å². The number of hydrogen-bond acceptors (Lipinski definition) is 2. The van der Waals surface area contributed by atoms with Gasteiger partial charge in [0.1, 0.15) is 11.3 Å². The molecule has 0 aliphatic carbocycles. The lowest BCUT2D eigenvalue weighted by molar-refractivity contribution is 0.631. The van der Waals surface area contributed by atoms with Gasteiger partial charge in [0.05, 0.1) is 0 Å². The van der Waals surface area contributed by atoms with Crippen LogP contribution in [0.3, 0.4) is 0 Å². The summed E-state index contributed by atoms with van der Waals surface area (Å²) in [5.41, 5.74) is 16.9. The van der Waals surface area contributed by atoms with Gasteiger partial charge in [0.25, 0.3) is 0 Å². The summed E-state index contributed by atoms with van der Waals surface area (Å²) in [6, 6.07) is 84.3. The highest BCUT2D eigenvalue weighted by atomic mass is 16.3. The van der Waals surface area contributed by atoms with E-state index in [9.17, 15) is 0 Å². The lowest BCUT2D eigenvalue weighted by atomic mass is 9.94. The molecular formula is C56H39NO. The van der Waals surface area contributed by atoms with E-state index in [1.165, 1.54) is 33.4 Å². The van der Waals surface area contributed by atoms with Gasteiger partial charge in [0, 0.05) is 28.0 Å². The van der Waals surface area contributed by atoms with Crippen molar-refractivity contribution in [3.05, 3.63) is 237 Å². The van der Waals surface area contributed by atoms with Gasteiger partial charge in [-0.3, -0.25) is 0 Å². The lowest BCUT2D eigenvalue weighted by Gasteiger charge is -2.27. The van der Waals surface area contributed by atoms with Gasteiger partial charge in [0.15, 0.2) is 0 Å². The van der Waals surface area contributed by atoms with Crippen molar-refractivity contribution in [2.24, 2.45) is 0 Å². The van der Waals surface area contributed by atoms with Gasteiger partial charge in [-0.2, -0.15) is 0 Å². The zero-order valence-corrected chi connectivity index (χ0v) is 31.9. The van der Waals surface area contributed by atoms with Crippen LogP contribution in [0.5, 0.6) is 0 Å². The molecule has 0 aliphatic heterocycles. The Labute approximate surface area is 339 Å². The van der Waals surface area contributed by atoms with Crippen LogP contribution in [0.4, 0.5) is 17.1 Å². The smallest absolute Gasteiger partial charge is 0.135 e. The second-order valence-electron chi connectivity index (χ2n) is 14.6. The zero-order chi connectivity index (χ0) is 38.7. The van der Waals surface area contributed by atoms with Crippen molar-refractivity contribution < 1.29 is 4.42 Å². The first-order valence-corrected chi connectivity index (χ1v) is 19.7. The maximum atomic E-state index is 6.24. The van der Waals surface area contributed by atoms with Crippen LogP contribution in [0.15, 0.2) is 241 Å². The van der Waals surface area contributed by atoms with E-state index in [2.05, 4.69) is 223 Å². The first kappa shape index (κ1) is 34.8. The minimum Gasteiger partial charge on any atom is -0.456 e. The second-order valence-corrected chi connectivity index (χ2v) is 14.6. The maximum Gasteiger partial charge on any atom is 0.135 e. The highest BCUT2D eigenvalue weighted by Crippen LogP contribution is 2.42. The van der Waals surface area contributed by atoms with Gasteiger partial charge in [-0.25, -0.2) is 0 Å². The van der Waals surface area contributed by atoms with Crippen LogP contribution < -0.4 is 4.90 Å². The number of para-hydroxylation sites is 1. The molecule has 0 unspecified atom stereocenters. The Morgan fingerprint density at radius 1 is 0.259 bits per heavy atom. The molecule has 58 heavy (non-hydrogen) atoms. The molecule has 10 aromatic rings. The van der Waals surface area contributed by atoms with Crippen molar-refractivity contribution >= 4 is 28.0 Å². The maximum absolute atomic E-state index is 6.24. The number of rotatable bonds is 9. The van der Waals surface area contributed by atoms with E-state index in [0.29, 0.717) is 0 Å². The van der Waals surface area contributed by atoms with Gasteiger partial charge < -0.3 is 9.32 Å². The first-order chi connectivity index (χ1) is 28.7. The van der Waals surface area contributed by atoms with Gasteiger partial charge in [-0.1, -0.05) is 176 Å². The van der Waals surface area contributed by atoms with Gasteiger partial charge in [-0.05, 0) is 116 Å². The molecule has 0 atom stereocenters. The zero-order valence-electron chi connectivity index (χ0n) is 31.9. The molecule has 274 valence electrons. The van der Waals surface area contributed by atoms with Crippen molar-refractivity contribution in [2.75, 3.05) is 4.90 Å². The highest BCUT2D eigenvalue weighted by molar-refractivity contribution is 5.89. The highest BCUT2D eigenvalue weighted by Gasteiger charge is 2.17. The van der Waals surface area contributed by atoms with Crippen LogP contribution in [0.1, 0.15) is 0 Å². The summed E-state index contributed by atoms with van der Waals surface area (Å²) in [7, 11) is 0. The standard InChI is InChI=1S/C56H39NO/c1-4-15-40(16-5-1)48-36-49(41-17-6-2-7-18-41)38-52(37-48)57(51-33-29-44(30-34-51)54-25-12-11-24-53(54)43-19-8-3-9-20-43)50-31-27-42(28-32-50)45-22-14-23-46(35-45)56-39-47-21-10-13-26-55(47)58-56/h1-39H. The van der Waals surface area contributed by atoms with E-state index in [-0.39, 0.29) is 0 Å². The van der Waals surface area contributed by atoms with Gasteiger partial charge in [-0.15, -0.1) is 0 Å². The van der Waals surface area contributed by atoms with Crippen molar-refractivity contribution in [1.82, 2.24) is 0 Å². The van der Waals surface area contributed by atoms with Crippen LogP contribution in [0, 0.1) is 0 Å². The van der Waals surface area contributed by atoms with E-state index in [1.807, 2.05) is 18.2 Å². The predicted octanol–water partition coefficient (Wildman–Crippen LogP) is 15.9. The molecule has 10 rings (SSSR count). The third-order valence-corrected chi connectivity index (χ3v) is 10.9. The summed E-state index contributed by atoms with van der Waals surface area (Å²) in [5.74, 6) is 0.869. The number of hydrogen-bond donors (Lipinski definition) is 0. The molecule has 1 aromatic heterocycles. The van der Waals surface area contributed by atoms with E-state index >= 15 is 0 Å². The van der Waals surface area contributed by atoms with Crippen LogP contribution >= 0.6 is 0 Å². The summed E-state index contributed by atoms with van der Waals surface area (Å²) in [4.78, 5) is 2.38. The number of nitrogens with zero attached hydrogens (tertiary/aromatic N) is 1. The third-order valence-electron chi connectivity index (χ3n) is 10.9. The summed E-state index contributed by atoms with van der Waals surface area (Å²) in [6.07, 6.45) is 0. The molecule has 0 radical (unpaired) electrons. The normalized spacial score (nSPS) is 11.1. The molecule has 0 amide bonds. The molecule has 2 heteroatoms. The Kier molecular flexibility index (Phi) is 9.27. The minimum absolute atomic E-state index is 0.869. The minimum atomic E-state index is 0.869. The summed E-state index contributed by atoms with van der Waals surface area (Å²) >= 11 is 0. The monoisotopic (exact) mass is 741 g/mol. The molecule has 9 aromatic carbocycles. The number of furan rings is 1. The summed E-state index contributed by atoms with van der Waals surface area (Å²) < 4.78 is 6.24. The van der Waals surface area contributed by atoms with Gasteiger partial charge in [0.2, 0.25) is 0 Å². The molecule has 0 aliphatic rings. The molecule has 0 saturated carbocycles. The van der Waals surface area contributed by atoms with Crippen LogP contribution in [0.25, 0.3) is 77.9 Å². The fraction of sp³-hybridized carbons (Fsp3) is 0. The first-order valence-electron chi connectivity index (χ1n) is 19.7. The molecule has 0 N–H and O–H groups in total. The molecule has 0 spiro atoms. The largest absolute Gasteiger partial charge is 0.456 e. The molecular weight excluding hydrogens is 703 g/mol. The van der Waals surface area contributed by atoms with E-state index in [4.69, 9.17) is 4.42 Å². The fourth-order valence-corrected chi connectivity index (χ4v) is 7.96. The Bertz CT molecular complexity index is 2880. The van der Waals surface area contributed by atoms with Crippen molar-refractivity contribution in [3.63, 3.8) is 0 Å². The Morgan fingerprint density at radius 2 is 0.690 bits per heavy atom. The van der Waals surface area contributed by atoms with E-state index < -0.39 is 0 Å². The fourth-order valence-electron chi connectivity index (χ4n) is 7.96. The Balaban J connectivity index is 1.08. The number of benzene rings is 9. The SMILES string of the molecule is c1ccc(-c2cc(-c3ccccc3)cc(N(c3ccc(-c4cccc(-c5cc6ccccc6o5)c4)cc3)c3ccc(-c4ccccc4-c4ccccc4)cc3)c2)cc1. The lowest BCUT2D eigenvalue weighted by Crippen LogP contribution is -2.10. The average molecular weight is 742 g/mol. The van der Waals surface area contributed by atoms with E-state index in [1.54, 1.807) is 0 Å². The quantitative estimate of drug-likeness (QED) is 0.146. The summed E-state index contributed by atoms with van der Waals surface area (Å²) in [6.45, 7) is 0. The van der Waals surface area contributed by atoms with Crippen LogP contribution in [0.2, 0.25) is 0 Å². The topological polar surface area (TPSA) is 16.4 Å². The van der Waals surface area contributed by atoms with Crippen LogP contribution in [-0.2, 0) is 0 Å². The average Bonchev–Trinajstić information content (AvgIpc) is 3.75. The second kappa shape index (κ2) is 15.5. The molecule has 2 nitrogen and oxygen atoms in total. The Hall–Kier alpha value is -7.68. The number of fused-ring (bicyclic) bond motifs is 1. The molecule has 0 saturated heterocycles. The van der Waals surface area contributed by atoms with E-state index in [0.717, 1.165) is 61.6 Å². The predicted molar refractivity (Wildman–Crippen MR) is 244 cm³/mol. The van der Waals surface area contributed by atoms with Crippen molar-refractivity contribution in [2.45, 2.75) is 0 Å². The molecule has 1 heterocycles.